The first-order valence-electron chi connectivity index (χ1n) is 8.59. The van der Waals surface area contributed by atoms with Gasteiger partial charge in [-0.2, -0.15) is 13.2 Å². The molecule has 1 N–H and O–H groups in total. The van der Waals surface area contributed by atoms with E-state index >= 15 is 0 Å². The van der Waals surface area contributed by atoms with Gasteiger partial charge >= 0.3 is 5.51 Å². The highest BCUT2D eigenvalue weighted by molar-refractivity contribution is 7.95. The Hall–Kier alpha value is -2.76. The molecule has 162 valence electrons. The highest BCUT2D eigenvalue weighted by atomic mass is 32.2. The van der Waals surface area contributed by atoms with Crippen LogP contribution >= 0.6 is 34.7 Å². The molecule has 0 unspecified atom stereocenters. The van der Waals surface area contributed by atoms with Crippen LogP contribution in [0, 0.1) is 0 Å². The smallest absolute Gasteiger partial charge is 0.447 e. The van der Waals surface area contributed by atoms with Crippen molar-refractivity contribution >= 4 is 50.8 Å². The van der Waals surface area contributed by atoms with Crippen molar-refractivity contribution in [1.29, 1.82) is 0 Å². The van der Waals surface area contributed by atoms with Gasteiger partial charge in [0.25, 0.3) is 5.91 Å². The number of rotatable bonds is 9. The number of carbonyl (C=O) groups is 1. The van der Waals surface area contributed by atoms with Gasteiger partial charge in [-0.3, -0.25) is 4.79 Å². The van der Waals surface area contributed by atoms with Crippen LogP contribution in [0.2, 0.25) is 0 Å². The van der Waals surface area contributed by atoms with Gasteiger partial charge in [-0.05, 0) is 41.8 Å². The minimum absolute atomic E-state index is 0.0809. The van der Waals surface area contributed by atoms with Crippen LogP contribution in [0.15, 0.2) is 66.8 Å². The zero-order valence-electron chi connectivity index (χ0n) is 15.8. The first-order chi connectivity index (χ1) is 14.8. The Morgan fingerprint density at radius 1 is 1.29 bits per heavy atom. The minimum Gasteiger partial charge on any atom is -0.447 e. The highest BCUT2D eigenvalue weighted by Crippen LogP contribution is 2.35. The molecule has 0 aliphatic carbocycles. The van der Waals surface area contributed by atoms with Crippen LogP contribution in [0.4, 0.5) is 13.2 Å². The van der Waals surface area contributed by atoms with Crippen LogP contribution in [-0.2, 0) is 6.54 Å². The van der Waals surface area contributed by atoms with Gasteiger partial charge in [0.2, 0.25) is 5.88 Å². The van der Waals surface area contributed by atoms with Gasteiger partial charge in [0.1, 0.15) is 11.3 Å². The van der Waals surface area contributed by atoms with Gasteiger partial charge in [0.05, 0.1) is 16.8 Å². The molecular weight excluding hydrogens is 469 g/mol. The lowest BCUT2D eigenvalue weighted by atomic mass is 10.2. The van der Waals surface area contributed by atoms with Gasteiger partial charge < -0.3 is 14.2 Å². The highest BCUT2D eigenvalue weighted by Gasteiger charge is 2.33. The van der Waals surface area contributed by atoms with E-state index in [1.165, 1.54) is 34.8 Å². The molecule has 0 spiro atoms. The number of thiophene rings is 2. The summed E-state index contributed by atoms with van der Waals surface area (Å²) in [5.41, 5.74) is -4.26. The molecule has 3 aromatic rings. The summed E-state index contributed by atoms with van der Waals surface area (Å²) in [6, 6.07) is 6.61. The summed E-state index contributed by atoms with van der Waals surface area (Å²) in [6.07, 6.45) is 4.76. The average Bonchev–Trinajstić information content (AvgIpc) is 3.37. The Morgan fingerprint density at radius 2 is 2.10 bits per heavy atom. The van der Waals surface area contributed by atoms with Crippen molar-refractivity contribution < 1.29 is 26.9 Å². The number of allylic oxidation sites excluding steroid dienone is 3. The molecular formula is C20H15F3N2O3S3. The molecule has 11 heteroatoms. The maximum absolute atomic E-state index is 12.7. The summed E-state index contributed by atoms with van der Waals surface area (Å²) >= 11 is 1.91. The number of ether oxygens (including phenoxy) is 1. The van der Waals surface area contributed by atoms with Crippen LogP contribution in [0.1, 0.15) is 15.2 Å². The van der Waals surface area contributed by atoms with Crippen LogP contribution < -0.4 is 14.2 Å². The molecule has 3 heterocycles. The number of pyridine rings is 1. The van der Waals surface area contributed by atoms with E-state index in [0.29, 0.717) is 21.0 Å². The van der Waals surface area contributed by atoms with Gasteiger partial charge in [-0.1, -0.05) is 19.2 Å². The zero-order valence-corrected chi connectivity index (χ0v) is 18.2. The average molecular weight is 485 g/mol. The third-order valence-electron chi connectivity index (χ3n) is 3.62. The number of nitrogens with zero attached hydrogens (tertiary/aromatic N) is 1. The first-order valence-corrected chi connectivity index (χ1v) is 11.0. The summed E-state index contributed by atoms with van der Waals surface area (Å²) < 4.78 is 48.7. The lowest BCUT2D eigenvalue weighted by Gasteiger charge is -2.10. The van der Waals surface area contributed by atoms with Crippen molar-refractivity contribution in [2.75, 3.05) is 0 Å². The van der Waals surface area contributed by atoms with Gasteiger partial charge in [-0.25, -0.2) is 4.98 Å². The van der Waals surface area contributed by atoms with Crippen LogP contribution in [0.25, 0.3) is 10.2 Å². The summed E-state index contributed by atoms with van der Waals surface area (Å²) in [5, 5.41) is 4.99. The lowest BCUT2D eigenvalue weighted by Crippen LogP contribution is -2.23. The van der Waals surface area contributed by atoms with Gasteiger partial charge in [-0.15, -0.1) is 22.7 Å². The number of amides is 1. The van der Waals surface area contributed by atoms with Crippen LogP contribution in [0.3, 0.4) is 0 Å². The summed E-state index contributed by atoms with van der Waals surface area (Å²) in [6.45, 7) is 7.39. The first kappa shape index (κ1) is 22.9. The third-order valence-corrected chi connectivity index (χ3v) is 5.87. The molecule has 3 aromatic heterocycles. The molecule has 0 saturated heterocycles. The van der Waals surface area contributed by atoms with Gasteiger partial charge in [0.15, 0.2) is 17.1 Å². The van der Waals surface area contributed by atoms with Crippen molar-refractivity contribution in [2.45, 2.75) is 12.1 Å². The number of alkyl halides is 3. The number of hydrogen-bond donors (Lipinski definition) is 1. The zero-order chi connectivity index (χ0) is 22.4. The Balaban J connectivity index is 1.72. The number of fused-ring (bicyclic) bond motifs is 1. The fourth-order valence-electron chi connectivity index (χ4n) is 2.34. The molecule has 0 fully saturated rings. The maximum Gasteiger partial charge on any atom is 0.479 e. The van der Waals surface area contributed by atoms with E-state index in [1.807, 2.05) is 0 Å². The fourth-order valence-corrected chi connectivity index (χ4v) is 4.21. The molecule has 3 rings (SSSR count). The fraction of sp³-hybridized carbons (Fsp3) is 0.100. The quantitative estimate of drug-likeness (QED) is 0.214. The number of aromatic nitrogens is 1. The summed E-state index contributed by atoms with van der Waals surface area (Å²) in [7, 11) is 0. The molecule has 0 aliphatic heterocycles. The topological polar surface area (TPSA) is 60.5 Å². The third kappa shape index (κ3) is 6.36. The monoisotopic (exact) mass is 484 g/mol. The predicted octanol–water partition coefficient (Wildman–Crippen LogP) is 6.47. The largest absolute Gasteiger partial charge is 0.479 e. The molecule has 0 saturated carbocycles. The number of nitrogens with one attached hydrogen (secondary N) is 1. The van der Waals surface area contributed by atoms with E-state index in [0.717, 1.165) is 4.88 Å². The second-order valence-corrected chi connectivity index (χ2v) is 8.65. The Labute approximate surface area is 188 Å². The summed E-state index contributed by atoms with van der Waals surface area (Å²) in [4.78, 5) is 17.5. The van der Waals surface area contributed by atoms with E-state index < -0.39 is 29.3 Å². The Morgan fingerprint density at radius 3 is 2.81 bits per heavy atom. The van der Waals surface area contributed by atoms with E-state index in [2.05, 4.69) is 23.5 Å². The van der Waals surface area contributed by atoms with E-state index in [4.69, 9.17) is 8.92 Å². The molecule has 0 aliphatic rings. The van der Waals surface area contributed by atoms with Crippen LogP contribution in [0.5, 0.6) is 10.9 Å². The van der Waals surface area contributed by atoms with Crippen molar-refractivity contribution in [2.24, 2.45) is 0 Å². The number of halogens is 3. The SMILES string of the molecule is C=C/C=C(\C=C)Oc1ccc(CNC(=O)c2cc3sccc3nc2OSC(F)(F)F)s1. The molecule has 5 nitrogen and oxygen atoms in total. The standard InChI is InChI=1S/C20H15F3N2O3S3/c1-3-5-12(4-2)27-17-7-6-13(30-17)11-24-18(26)14-10-16-15(8-9-29-16)25-19(14)28-31-20(21,22)23/h3-10H,1-2,11H2,(H,24,26)/b12-5+. The normalized spacial score (nSPS) is 11.9. The molecule has 1 amide bonds. The van der Waals surface area contributed by atoms with Crippen molar-refractivity contribution in [3.63, 3.8) is 0 Å². The van der Waals surface area contributed by atoms with Crippen molar-refractivity contribution in [3.8, 4) is 10.9 Å². The second kappa shape index (κ2) is 10.0. The van der Waals surface area contributed by atoms with Crippen molar-refractivity contribution in [3.05, 3.63) is 77.2 Å². The minimum atomic E-state index is -4.63. The molecule has 31 heavy (non-hydrogen) atoms. The number of hydrogen-bond acceptors (Lipinski definition) is 7. The summed E-state index contributed by atoms with van der Waals surface area (Å²) in [5.74, 6) is -0.479. The molecule has 0 radical (unpaired) electrons. The molecule has 0 bridgehead atoms. The maximum atomic E-state index is 12.7. The van der Waals surface area contributed by atoms with E-state index in [9.17, 15) is 18.0 Å². The molecule has 0 aromatic carbocycles. The van der Waals surface area contributed by atoms with Gasteiger partial charge in [0, 0.05) is 4.88 Å². The van der Waals surface area contributed by atoms with E-state index in [1.54, 1.807) is 35.7 Å². The number of carbonyl (C=O) groups excluding carboxylic acids is 1. The Kier molecular flexibility index (Phi) is 7.42. The lowest BCUT2D eigenvalue weighted by molar-refractivity contribution is -0.0370. The molecule has 0 atom stereocenters. The second-order valence-electron chi connectivity index (χ2n) is 5.77. The van der Waals surface area contributed by atoms with E-state index in [-0.39, 0.29) is 12.1 Å². The predicted molar refractivity (Wildman–Crippen MR) is 118 cm³/mol. The Bertz CT molecular complexity index is 1140. The van der Waals surface area contributed by atoms with Crippen LogP contribution in [-0.4, -0.2) is 16.4 Å². The van der Waals surface area contributed by atoms with Crippen molar-refractivity contribution in [1.82, 2.24) is 10.3 Å².